The van der Waals surface area contributed by atoms with Gasteiger partial charge >= 0.3 is 6.03 Å². The number of urea groups is 1. The summed E-state index contributed by atoms with van der Waals surface area (Å²) in [7, 11) is -3.35. The number of hydrogen-bond acceptors (Lipinski definition) is 7. The van der Waals surface area contributed by atoms with Crippen LogP contribution in [0.3, 0.4) is 0 Å². The third kappa shape index (κ3) is 6.99. The van der Waals surface area contributed by atoms with Gasteiger partial charge in [0.05, 0.1) is 22.6 Å². The Labute approximate surface area is 273 Å². The Kier molecular flexibility index (Phi) is 10.4. The van der Waals surface area contributed by atoms with Gasteiger partial charge in [0, 0.05) is 13.1 Å². The number of amides is 5. The van der Waals surface area contributed by atoms with Gasteiger partial charge in [0.1, 0.15) is 12.1 Å². The number of nitrogens with zero attached hydrogens (tertiary/aromatic N) is 1. The van der Waals surface area contributed by atoms with Gasteiger partial charge in [-0.15, -0.1) is 6.58 Å². The Morgan fingerprint density at radius 1 is 1.02 bits per heavy atom. The van der Waals surface area contributed by atoms with Crippen molar-refractivity contribution in [2.75, 3.05) is 18.8 Å². The number of Topliss-reactive ketones (excluding diaryl/α,β-unsaturated/α-hetero) is 1. The van der Waals surface area contributed by atoms with Crippen LogP contribution in [0, 0.1) is 22.7 Å². The summed E-state index contributed by atoms with van der Waals surface area (Å²) in [6, 6.07) is -3.55. The molecular weight excluding hydrogens is 610 g/mol. The van der Waals surface area contributed by atoms with Gasteiger partial charge < -0.3 is 26.2 Å². The van der Waals surface area contributed by atoms with Gasteiger partial charge in [0.25, 0.3) is 5.91 Å². The topological polar surface area (TPSA) is 171 Å². The lowest BCUT2D eigenvalue weighted by molar-refractivity contribution is -0.145. The fourth-order valence-electron chi connectivity index (χ4n) is 8.16. The van der Waals surface area contributed by atoms with Crippen LogP contribution in [0.4, 0.5) is 4.79 Å². The highest BCUT2D eigenvalue weighted by atomic mass is 32.2. The Balaban J connectivity index is 1.54. The molecule has 2 aliphatic heterocycles. The van der Waals surface area contributed by atoms with E-state index < -0.39 is 73.7 Å². The zero-order valence-electron chi connectivity index (χ0n) is 28.2. The van der Waals surface area contributed by atoms with Gasteiger partial charge in [-0.2, -0.15) is 0 Å². The van der Waals surface area contributed by atoms with Crippen LogP contribution in [0.25, 0.3) is 0 Å². The molecule has 258 valence electrons. The highest BCUT2D eigenvalue weighted by molar-refractivity contribution is 7.92. The van der Waals surface area contributed by atoms with Crippen LogP contribution in [0.15, 0.2) is 12.7 Å². The maximum Gasteiger partial charge on any atom is 0.315 e. The Morgan fingerprint density at radius 2 is 1.67 bits per heavy atom. The highest BCUT2D eigenvalue weighted by Gasteiger charge is 2.70. The zero-order chi connectivity index (χ0) is 34.2. The van der Waals surface area contributed by atoms with E-state index in [2.05, 4.69) is 27.8 Å². The second kappa shape index (κ2) is 13.3. The summed E-state index contributed by atoms with van der Waals surface area (Å²) < 4.78 is 26.0. The Morgan fingerprint density at radius 3 is 2.22 bits per heavy atom. The lowest BCUT2D eigenvalue weighted by Crippen LogP contribution is -2.65. The fourth-order valence-corrected chi connectivity index (χ4v) is 10.5. The van der Waals surface area contributed by atoms with Gasteiger partial charge in [-0.05, 0) is 54.8 Å². The second-order valence-corrected chi connectivity index (χ2v) is 17.6. The van der Waals surface area contributed by atoms with E-state index in [1.807, 2.05) is 34.6 Å². The molecule has 0 aromatic carbocycles. The van der Waals surface area contributed by atoms with E-state index in [1.165, 1.54) is 11.0 Å². The van der Waals surface area contributed by atoms with Crippen molar-refractivity contribution >= 4 is 39.4 Å². The van der Waals surface area contributed by atoms with Gasteiger partial charge in [-0.3, -0.25) is 19.2 Å². The standard InChI is InChI=1S/C33H53N5O7S/c1-8-17-34-28(41)25(39)21(9-2)35-27(40)24-23-20(32(23,6)7)19-38(24)29(42)26(31(3,4)5)36-30(43)37-33(15-11-10-12-16-33)22-14-13-18-46(22,44)45/h8,20-24,26H,1,9-19H2,2-7H3,(H,34,41)(H,35,40)(H2,36,37,43)/t20?,21?,22?,23?,24-,26+/m0/s1. The molecule has 4 aliphatic rings. The fraction of sp³-hybridized carbons (Fsp3) is 0.788. The first-order valence-corrected chi connectivity index (χ1v) is 18.5. The third-order valence-electron chi connectivity index (χ3n) is 10.9. The van der Waals surface area contributed by atoms with E-state index in [1.54, 1.807) is 6.92 Å². The zero-order valence-corrected chi connectivity index (χ0v) is 29.1. The predicted octanol–water partition coefficient (Wildman–Crippen LogP) is 2.23. The molecule has 46 heavy (non-hydrogen) atoms. The first-order valence-electron chi connectivity index (χ1n) is 16.8. The number of nitrogens with one attached hydrogen (secondary N) is 4. The first kappa shape index (κ1) is 35.9. The lowest BCUT2D eigenvalue weighted by Gasteiger charge is -2.43. The largest absolute Gasteiger partial charge is 0.346 e. The van der Waals surface area contributed by atoms with Crippen molar-refractivity contribution in [1.82, 2.24) is 26.2 Å². The van der Waals surface area contributed by atoms with Crippen molar-refractivity contribution in [3.8, 4) is 0 Å². The maximum atomic E-state index is 14.3. The van der Waals surface area contributed by atoms with Crippen molar-refractivity contribution in [3.05, 3.63) is 12.7 Å². The van der Waals surface area contributed by atoms with E-state index >= 15 is 0 Å². The van der Waals surface area contributed by atoms with Crippen molar-refractivity contribution in [2.45, 2.75) is 122 Å². The number of ketones is 1. The molecule has 4 fully saturated rings. The number of fused-ring (bicyclic) bond motifs is 1. The quantitative estimate of drug-likeness (QED) is 0.194. The number of likely N-dealkylation sites (tertiary alicyclic amines) is 1. The molecule has 0 spiro atoms. The molecule has 2 aliphatic carbocycles. The minimum Gasteiger partial charge on any atom is -0.346 e. The minimum absolute atomic E-state index is 0.0615. The van der Waals surface area contributed by atoms with E-state index in [0.29, 0.717) is 32.2 Å². The van der Waals surface area contributed by atoms with Crippen LogP contribution in [-0.4, -0.2) is 90.6 Å². The van der Waals surface area contributed by atoms with Gasteiger partial charge in [-0.1, -0.05) is 66.9 Å². The Hall–Kier alpha value is -2.96. The molecule has 4 N–H and O–H groups in total. The van der Waals surface area contributed by atoms with Crippen molar-refractivity contribution in [2.24, 2.45) is 22.7 Å². The number of hydrogen-bond donors (Lipinski definition) is 4. The van der Waals surface area contributed by atoms with Crippen LogP contribution in [0.5, 0.6) is 0 Å². The van der Waals surface area contributed by atoms with E-state index in [4.69, 9.17) is 0 Å². The molecule has 0 bridgehead atoms. The molecule has 0 aromatic rings. The van der Waals surface area contributed by atoms with Crippen LogP contribution in [-0.2, 0) is 29.0 Å². The SMILES string of the molecule is C=CCNC(=O)C(=O)C(CC)NC(=O)[C@@H]1C2C(CN1C(=O)[C@@H](NC(=O)NC1(C3CCCS3(=O)=O)CCCCC1)C(C)(C)C)C2(C)C. The monoisotopic (exact) mass is 663 g/mol. The minimum atomic E-state index is -3.35. The summed E-state index contributed by atoms with van der Waals surface area (Å²) in [6.07, 6.45) is 6.45. The van der Waals surface area contributed by atoms with Crippen molar-refractivity contribution < 1.29 is 32.4 Å². The summed E-state index contributed by atoms with van der Waals surface area (Å²) in [6.45, 7) is 15.2. The second-order valence-electron chi connectivity index (χ2n) is 15.3. The number of sulfone groups is 1. The summed E-state index contributed by atoms with van der Waals surface area (Å²) in [5.74, 6) is -2.48. The number of piperidine rings is 1. The average molecular weight is 664 g/mol. The molecule has 4 unspecified atom stereocenters. The van der Waals surface area contributed by atoms with Crippen molar-refractivity contribution in [3.63, 3.8) is 0 Å². The molecule has 2 heterocycles. The predicted molar refractivity (Wildman–Crippen MR) is 174 cm³/mol. The molecule has 2 saturated heterocycles. The molecule has 5 amide bonds. The van der Waals surface area contributed by atoms with Crippen LogP contribution in [0.2, 0.25) is 0 Å². The maximum absolute atomic E-state index is 14.3. The number of carbonyl (C=O) groups is 5. The molecule has 2 saturated carbocycles. The van der Waals surface area contributed by atoms with E-state index in [0.717, 1.165) is 19.3 Å². The molecular formula is C33H53N5O7S. The molecule has 0 aromatic heterocycles. The lowest BCUT2D eigenvalue weighted by atomic mass is 9.78. The molecule has 13 heteroatoms. The van der Waals surface area contributed by atoms with Gasteiger partial charge in [-0.25, -0.2) is 13.2 Å². The summed E-state index contributed by atoms with van der Waals surface area (Å²) >= 11 is 0. The Bertz CT molecular complexity index is 1350. The van der Waals surface area contributed by atoms with E-state index in [9.17, 15) is 32.4 Å². The molecule has 0 radical (unpaired) electrons. The number of carbonyl (C=O) groups excluding carboxylic acids is 5. The summed E-state index contributed by atoms with van der Waals surface area (Å²) in [5, 5.41) is 10.5. The van der Waals surface area contributed by atoms with E-state index in [-0.39, 0.29) is 36.0 Å². The number of rotatable bonds is 11. The molecule has 6 atom stereocenters. The summed E-state index contributed by atoms with van der Waals surface area (Å²) in [4.78, 5) is 68.5. The molecule has 12 nitrogen and oxygen atoms in total. The molecule has 4 rings (SSSR count). The van der Waals surface area contributed by atoms with Crippen LogP contribution in [0.1, 0.15) is 92.9 Å². The van der Waals surface area contributed by atoms with Crippen molar-refractivity contribution in [1.29, 1.82) is 0 Å². The highest BCUT2D eigenvalue weighted by Crippen LogP contribution is 2.65. The van der Waals surface area contributed by atoms with Gasteiger partial charge in [0.15, 0.2) is 9.84 Å². The normalized spacial score (nSPS) is 28.6. The summed E-state index contributed by atoms with van der Waals surface area (Å²) in [5.41, 5.74) is -1.83. The van der Waals surface area contributed by atoms with Gasteiger partial charge in [0.2, 0.25) is 17.6 Å². The first-order chi connectivity index (χ1) is 21.4. The van der Waals surface area contributed by atoms with Crippen LogP contribution < -0.4 is 21.3 Å². The van der Waals surface area contributed by atoms with Crippen LogP contribution >= 0.6 is 0 Å². The third-order valence-corrected chi connectivity index (χ3v) is 13.3. The average Bonchev–Trinajstić information content (AvgIpc) is 3.30. The smallest absolute Gasteiger partial charge is 0.315 e.